The number of aromatic nitrogens is 2. The summed E-state index contributed by atoms with van der Waals surface area (Å²) < 4.78 is 45.2. The number of ether oxygens (including phenoxy) is 1. The van der Waals surface area contributed by atoms with Gasteiger partial charge in [0.2, 0.25) is 0 Å². The topological polar surface area (TPSA) is 47.0 Å². The Morgan fingerprint density at radius 2 is 1.82 bits per heavy atom. The molecule has 1 aliphatic rings. The molecule has 1 aromatic heterocycles. The van der Waals surface area contributed by atoms with Gasteiger partial charge in [0.25, 0.3) is 0 Å². The summed E-state index contributed by atoms with van der Waals surface area (Å²) in [5.74, 6) is 0.541. The van der Waals surface area contributed by atoms with Gasteiger partial charge in [-0.15, -0.1) is 0 Å². The standard InChI is InChI=1S/C26H28F3N3O/c1-24(2)18-25(12-14-33-24,20-8-4-3-5-9-20)11-13-31-23-17-30-16-22(32-23)19-7-6-10-21(15-19)26(27,28)29/h3-10,15-17H,11-14,18H2,1-2H3,(H,31,32). The Kier molecular flexibility index (Phi) is 6.43. The molecular formula is C26H28F3N3O. The molecule has 4 rings (SSSR count). The fourth-order valence-electron chi connectivity index (χ4n) is 4.75. The fraction of sp³-hybridized carbons (Fsp3) is 0.385. The highest BCUT2D eigenvalue weighted by Crippen LogP contribution is 2.44. The van der Waals surface area contributed by atoms with Gasteiger partial charge in [0.15, 0.2) is 0 Å². The van der Waals surface area contributed by atoms with Crippen LogP contribution in [0.1, 0.15) is 44.2 Å². The quantitative estimate of drug-likeness (QED) is 0.461. The monoisotopic (exact) mass is 455 g/mol. The van der Waals surface area contributed by atoms with Crippen LogP contribution >= 0.6 is 0 Å². The molecule has 1 fully saturated rings. The molecule has 0 bridgehead atoms. The molecule has 1 N–H and O–H groups in total. The van der Waals surface area contributed by atoms with Crippen molar-refractivity contribution in [1.82, 2.24) is 9.97 Å². The molecule has 1 saturated heterocycles. The molecule has 1 unspecified atom stereocenters. The minimum Gasteiger partial charge on any atom is -0.376 e. The lowest BCUT2D eigenvalue weighted by Gasteiger charge is -2.45. The SMILES string of the molecule is CC1(C)CC(CCNc2cncc(-c3cccc(C(F)(F)F)c3)n2)(c2ccccc2)CCO1. The van der Waals surface area contributed by atoms with Crippen molar-refractivity contribution in [2.45, 2.75) is 50.3 Å². The second-order valence-corrected chi connectivity index (χ2v) is 9.23. The van der Waals surface area contributed by atoms with Crippen molar-refractivity contribution in [2.75, 3.05) is 18.5 Å². The average molecular weight is 456 g/mol. The van der Waals surface area contributed by atoms with E-state index in [9.17, 15) is 13.2 Å². The Morgan fingerprint density at radius 1 is 1.03 bits per heavy atom. The number of alkyl halides is 3. The number of anilines is 1. The van der Waals surface area contributed by atoms with Gasteiger partial charge >= 0.3 is 6.18 Å². The zero-order valence-electron chi connectivity index (χ0n) is 18.8. The van der Waals surface area contributed by atoms with Crippen LogP contribution in [0.15, 0.2) is 67.0 Å². The van der Waals surface area contributed by atoms with Crippen LogP contribution in [0.25, 0.3) is 11.3 Å². The summed E-state index contributed by atoms with van der Waals surface area (Å²) >= 11 is 0. The molecule has 0 saturated carbocycles. The summed E-state index contributed by atoms with van der Waals surface area (Å²) in [6.07, 6.45) is 1.38. The lowest BCUT2D eigenvalue weighted by atomic mass is 9.67. The van der Waals surface area contributed by atoms with Crippen LogP contribution in [0, 0.1) is 0 Å². The molecule has 0 spiro atoms. The maximum Gasteiger partial charge on any atom is 0.416 e. The zero-order valence-corrected chi connectivity index (χ0v) is 18.8. The van der Waals surface area contributed by atoms with Crippen molar-refractivity contribution < 1.29 is 17.9 Å². The summed E-state index contributed by atoms with van der Waals surface area (Å²) in [6, 6.07) is 15.7. The number of rotatable bonds is 6. The van der Waals surface area contributed by atoms with Crippen molar-refractivity contribution in [3.05, 3.63) is 78.1 Å². The Labute approximate surface area is 192 Å². The predicted molar refractivity (Wildman–Crippen MR) is 123 cm³/mol. The minimum atomic E-state index is -4.40. The van der Waals surface area contributed by atoms with Gasteiger partial charge < -0.3 is 10.1 Å². The summed E-state index contributed by atoms with van der Waals surface area (Å²) in [4.78, 5) is 8.70. The highest BCUT2D eigenvalue weighted by Gasteiger charge is 2.41. The summed E-state index contributed by atoms with van der Waals surface area (Å²) in [7, 11) is 0. The number of nitrogens with one attached hydrogen (secondary N) is 1. The molecule has 1 aliphatic heterocycles. The van der Waals surface area contributed by atoms with Gasteiger partial charge in [0.05, 0.1) is 29.3 Å². The number of benzene rings is 2. The minimum absolute atomic E-state index is 0.0257. The van der Waals surface area contributed by atoms with Gasteiger partial charge in [-0.25, -0.2) is 4.98 Å². The summed E-state index contributed by atoms with van der Waals surface area (Å²) in [6.45, 7) is 5.61. The Morgan fingerprint density at radius 3 is 2.55 bits per heavy atom. The molecule has 2 heterocycles. The number of nitrogens with zero attached hydrogens (tertiary/aromatic N) is 2. The zero-order chi connectivity index (χ0) is 23.5. The Hall–Kier alpha value is -2.93. The van der Waals surface area contributed by atoms with Crippen molar-refractivity contribution >= 4 is 5.82 Å². The molecule has 2 aromatic carbocycles. The van der Waals surface area contributed by atoms with E-state index in [-0.39, 0.29) is 11.0 Å². The van der Waals surface area contributed by atoms with E-state index in [4.69, 9.17) is 4.74 Å². The number of hydrogen-bond acceptors (Lipinski definition) is 4. The lowest BCUT2D eigenvalue weighted by Crippen LogP contribution is -2.44. The summed E-state index contributed by atoms with van der Waals surface area (Å²) in [5, 5.41) is 3.33. The third kappa shape index (κ3) is 5.53. The van der Waals surface area contributed by atoms with Crippen LogP contribution in [0.5, 0.6) is 0 Å². The second-order valence-electron chi connectivity index (χ2n) is 9.23. The normalized spacial score (nSPS) is 20.4. The van der Waals surface area contributed by atoms with Crippen molar-refractivity contribution in [2.24, 2.45) is 0 Å². The molecule has 0 radical (unpaired) electrons. The number of hydrogen-bond donors (Lipinski definition) is 1. The summed E-state index contributed by atoms with van der Waals surface area (Å²) in [5.41, 5.74) is 1.14. The first kappa shape index (κ1) is 23.2. The van der Waals surface area contributed by atoms with E-state index in [2.05, 4.69) is 53.4 Å². The van der Waals surface area contributed by atoms with Gasteiger partial charge in [-0.1, -0.05) is 42.5 Å². The number of halogens is 3. The van der Waals surface area contributed by atoms with Crippen molar-refractivity contribution in [3.63, 3.8) is 0 Å². The molecule has 0 aliphatic carbocycles. The largest absolute Gasteiger partial charge is 0.416 e. The highest BCUT2D eigenvalue weighted by molar-refractivity contribution is 5.61. The maximum absolute atomic E-state index is 13.1. The highest BCUT2D eigenvalue weighted by atomic mass is 19.4. The smallest absolute Gasteiger partial charge is 0.376 e. The predicted octanol–water partition coefficient (Wildman–Crippen LogP) is 6.49. The van der Waals surface area contributed by atoms with Gasteiger partial charge in [-0.2, -0.15) is 13.2 Å². The average Bonchev–Trinajstić information content (AvgIpc) is 2.79. The third-order valence-corrected chi connectivity index (χ3v) is 6.25. The van der Waals surface area contributed by atoms with Crippen molar-refractivity contribution in [1.29, 1.82) is 0 Å². The first-order chi connectivity index (χ1) is 15.7. The molecule has 0 amide bonds. The van der Waals surface area contributed by atoms with Crippen LogP contribution < -0.4 is 5.32 Å². The van der Waals surface area contributed by atoms with Crippen LogP contribution in [-0.2, 0) is 16.3 Å². The van der Waals surface area contributed by atoms with Gasteiger partial charge in [-0.05, 0) is 50.8 Å². The van der Waals surface area contributed by atoms with Crippen LogP contribution in [0.2, 0.25) is 0 Å². The second kappa shape index (κ2) is 9.14. The van der Waals surface area contributed by atoms with E-state index in [1.54, 1.807) is 12.3 Å². The molecule has 3 aromatic rings. The molecular weight excluding hydrogens is 427 g/mol. The van der Waals surface area contributed by atoms with Gasteiger partial charge in [-0.3, -0.25) is 4.98 Å². The van der Waals surface area contributed by atoms with E-state index >= 15 is 0 Å². The lowest BCUT2D eigenvalue weighted by molar-refractivity contribution is -0.137. The first-order valence-electron chi connectivity index (χ1n) is 11.1. The van der Waals surface area contributed by atoms with Crippen LogP contribution in [0.3, 0.4) is 0 Å². The van der Waals surface area contributed by atoms with E-state index in [0.29, 0.717) is 30.2 Å². The van der Waals surface area contributed by atoms with E-state index in [1.807, 2.05) is 6.07 Å². The molecule has 4 nitrogen and oxygen atoms in total. The molecule has 1 atom stereocenters. The van der Waals surface area contributed by atoms with E-state index in [1.165, 1.54) is 17.8 Å². The Bertz CT molecular complexity index is 1090. The van der Waals surface area contributed by atoms with E-state index in [0.717, 1.165) is 31.4 Å². The third-order valence-electron chi connectivity index (χ3n) is 6.25. The first-order valence-corrected chi connectivity index (χ1v) is 11.1. The van der Waals surface area contributed by atoms with Crippen LogP contribution in [-0.4, -0.2) is 28.7 Å². The fourth-order valence-corrected chi connectivity index (χ4v) is 4.75. The molecule has 174 valence electrons. The van der Waals surface area contributed by atoms with Crippen LogP contribution in [0.4, 0.5) is 19.0 Å². The molecule has 7 heteroatoms. The maximum atomic E-state index is 13.1. The van der Waals surface area contributed by atoms with E-state index < -0.39 is 11.7 Å². The van der Waals surface area contributed by atoms with Gasteiger partial charge in [0, 0.05) is 24.1 Å². The molecule has 33 heavy (non-hydrogen) atoms. The Balaban J connectivity index is 1.50. The van der Waals surface area contributed by atoms with Gasteiger partial charge in [0.1, 0.15) is 5.82 Å². The van der Waals surface area contributed by atoms with Crippen molar-refractivity contribution in [3.8, 4) is 11.3 Å².